The molecular weight excluding hydrogens is 292 g/mol. The van der Waals surface area contributed by atoms with Crippen molar-refractivity contribution in [3.05, 3.63) is 23.9 Å². The monoisotopic (exact) mass is 320 g/mol. The van der Waals surface area contributed by atoms with Crippen LogP contribution in [0.1, 0.15) is 39.7 Å². The molecule has 2 amide bonds. The molecule has 0 aliphatic carbocycles. The van der Waals surface area contributed by atoms with E-state index in [1.54, 1.807) is 6.20 Å². The molecule has 2 N–H and O–H groups in total. The molecule has 0 aromatic carbocycles. The lowest BCUT2D eigenvalue weighted by atomic mass is 9.95. The van der Waals surface area contributed by atoms with Gasteiger partial charge in [-0.2, -0.15) is 0 Å². The fraction of sp³-hybridized carbons (Fsp3) is 0.647. The number of urea groups is 1. The van der Waals surface area contributed by atoms with E-state index in [4.69, 9.17) is 4.74 Å². The highest BCUT2D eigenvalue weighted by molar-refractivity contribution is 5.74. The van der Waals surface area contributed by atoms with Gasteiger partial charge < -0.3 is 20.3 Å². The van der Waals surface area contributed by atoms with Crippen molar-refractivity contribution >= 4 is 11.8 Å². The number of nitrogens with one attached hydrogen (secondary N) is 2. The lowest BCUT2D eigenvalue weighted by Gasteiger charge is -2.27. The van der Waals surface area contributed by atoms with Crippen LogP contribution in [0, 0.1) is 0 Å². The molecule has 1 fully saturated rings. The summed E-state index contributed by atoms with van der Waals surface area (Å²) in [6.45, 7) is 8.56. The second-order valence-corrected chi connectivity index (χ2v) is 7.43. The Labute approximate surface area is 138 Å². The van der Waals surface area contributed by atoms with Crippen molar-refractivity contribution in [3.63, 3.8) is 0 Å². The van der Waals surface area contributed by atoms with Gasteiger partial charge in [-0.15, -0.1) is 0 Å². The standard InChI is InChI=1S/C17H28N4O2/c1-16(2)10-13(17(3,4)23-16)20-15(22)19-11-12-8-7-9-18-14(12)21(5)6/h7-9,13H,10-11H2,1-6H3,(H2,19,20,22)/t13-/m0/s1. The van der Waals surface area contributed by atoms with Gasteiger partial charge in [0.1, 0.15) is 5.82 Å². The normalized spacial score (nSPS) is 21.7. The Kier molecular flexibility index (Phi) is 4.84. The third kappa shape index (κ3) is 4.34. The molecule has 6 nitrogen and oxygen atoms in total. The van der Waals surface area contributed by atoms with Crippen LogP contribution in [0.15, 0.2) is 18.3 Å². The van der Waals surface area contributed by atoms with Crippen molar-refractivity contribution in [1.29, 1.82) is 0 Å². The summed E-state index contributed by atoms with van der Waals surface area (Å²) in [4.78, 5) is 18.5. The Hall–Kier alpha value is -1.82. The maximum Gasteiger partial charge on any atom is 0.315 e. The SMILES string of the molecule is CN(C)c1ncccc1CNC(=O)N[C@H]1CC(C)(C)OC1(C)C. The zero-order valence-electron chi connectivity index (χ0n) is 14.9. The molecule has 1 atom stereocenters. The maximum absolute atomic E-state index is 12.2. The molecule has 128 valence electrons. The number of rotatable bonds is 4. The van der Waals surface area contributed by atoms with Gasteiger partial charge in [0.15, 0.2) is 0 Å². The highest BCUT2D eigenvalue weighted by atomic mass is 16.5. The second kappa shape index (κ2) is 6.35. The summed E-state index contributed by atoms with van der Waals surface area (Å²) in [6.07, 6.45) is 2.54. The smallest absolute Gasteiger partial charge is 0.315 e. The molecule has 1 aliphatic heterocycles. The highest BCUT2D eigenvalue weighted by Crippen LogP contribution is 2.37. The van der Waals surface area contributed by atoms with Gasteiger partial charge in [0.25, 0.3) is 0 Å². The first-order valence-electron chi connectivity index (χ1n) is 7.96. The average Bonchev–Trinajstić information content (AvgIpc) is 2.64. The van der Waals surface area contributed by atoms with E-state index in [1.165, 1.54) is 0 Å². The minimum absolute atomic E-state index is 0.0142. The fourth-order valence-electron chi connectivity index (χ4n) is 3.14. The van der Waals surface area contributed by atoms with Crippen molar-refractivity contribution in [3.8, 4) is 0 Å². The number of amides is 2. The topological polar surface area (TPSA) is 66.5 Å². The van der Waals surface area contributed by atoms with E-state index >= 15 is 0 Å². The Balaban J connectivity index is 1.94. The van der Waals surface area contributed by atoms with Crippen molar-refractivity contribution < 1.29 is 9.53 Å². The minimum Gasteiger partial charge on any atom is -0.367 e. The van der Waals surface area contributed by atoms with E-state index < -0.39 is 0 Å². The van der Waals surface area contributed by atoms with Crippen LogP contribution in [0.5, 0.6) is 0 Å². The molecule has 1 saturated heterocycles. The zero-order valence-corrected chi connectivity index (χ0v) is 14.9. The molecule has 0 spiro atoms. The van der Waals surface area contributed by atoms with Crippen LogP contribution in [0.2, 0.25) is 0 Å². The summed E-state index contributed by atoms with van der Waals surface area (Å²) in [5.74, 6) is 0.860. The summed E-state index contributed by atoms with van der Waals surface area (Å²) in [5, 5.41) is 5.95. The molecule has 0 bridgehead atoms. The molecule has 23 heavy (non-hydrogen) atoms. The predicted molar refractivity (Wildman–Crippen MR) is 91.6 cm³/mol. The van der Waals surface area contributed by atoms with Crippen LogP contribution >= 0.6 is 0 Å². The third-order valence-corrected chi connectivity index (χ3v) is 4.11. The second-order valence-electron chi connectivity index (χ2n) is 7.43. The summed E-state index contributed by atoms with van der Waals surface area (Å²) in [6, 6.07) is 3.64. The molecule has 2 heterocycles. The van der Waals surface area contributed by atoms with Gasteiger partial charge in [0, 0.05) is 32.4 Å². The van der Waals surface area contributed by atoms with Crippen LogP contribution in [-0.2, 0) is 11.3 Å². The highest BCUT2D eigenvalue weighted by Gasteiger charge is 2.46. The van der Waals surface area contributed by atoms with Crippen LogP contribution in [0.4, 0.5) is 10.6 Å². The van der Waals surface area contributed by atoms with E-state index in [9.17, 15) is 4.79 Å². The first kappa shape index (κ1) is 17.5. The number of hydrogen-bond donors (Lipinski definition) is 2. The van der Waals surface area contributed by atoms with Gasteiger partial charge in [0.2, 0.25) is 0 Å². The van der Waals surface area contributed by atoms with Crippen LogP contribution in [-0.4, -0.2) is 42.4 Å². The molecule has 6 heteroatoms. The molecule has 0 saturated carbocycles. The number of hydrogen-bond acceptors (Lipinski definition) is 4. The van der Waals surface area contributed by atoms with Gasteiger partial charge in [-0.1, -0.05) is 6.07 Å². The number of anilines is 1. The van der Waals surface area contributed by atoms with Crippen molar-refractivity contribution in [2.24, 2.45) is 0 Å². The first-order valence-corrected chi connectivity index (χ1v) is 7.96. The van der Waals surface area contributed by atoms with E-state index in [1.807, 2.05) is 58.8 Å². The van der Waals surface area contributed by atoms with Gasteiger partial charge in [-0.25, -0.2) is 9.78 Å². The average molecular weight is 320 g/mol. The van der Waals surface area contributed by atoms with E-state index in [0.717, 1.165) is 17.8 Å². The molecule has 1 aromatic heterocycles. The number of aromatic nitrogens is 1. The van der Waals surface area contributed by atoms with Gasteiger partial charge in [-0.05, 0) is 40.2 Å². The summed E-state index contributed by atoms with van der Waals surface area (Å²) in [5.41, 5.74) is 0.391. The number of carbonyl (C=O) groups excluding carboxylic acids is 1. The molecule has 0 unspecified atom stereocenters. The van der Waals surface area contributed by atoms with Gasteiger partial charge >= 0.3 is 6.03 Å². The molecule has 0 radical (unpaired) electrons. The minimum atomic E-state index is -0.371. The van der Waals surface area contributed by atoms with E-state index in [-0.39, 0.29) is 23.3 Å². The fourth-order valence-corrected chi connectivity index (χ4v) is 3.14. The third-order valence-electron chi connectivity index (χ3n) is 4.11. The molecule has 1 aromatic rings. The summed E-state index contributed by atoms with van der Waals surface area (Å²) in [7, 11) is 3.87. The number of nitrogens with zero attached hydrogens (tertiary/aromatic N) is 2. The maximum atomic E-state index is 12.2. The van der Waals surface area contributed by atoms with Gasteiger partial charge in [-0.3, -0.25) is 0 Å². The zero-order chi connectivity index (χ0) is 17.3. The quantitative estimate of drug-likeness (QED) is 0.893. The van der Waals surface area contributed by atoms with Crippen molar-refractivity contribution in [2.75, 3.05) is 19.0 Å². The lowest BCUT2D eigenvalue weighted by Crippen LogP contribution is -2.49. The lowest BCUT2D eigenvalue weighted by molar-refractivity contribution is -0.0690. The Bertz CT molecular complexity index is 569. The number of carbonyl (C=O) groups is 1. The van der Waals surface area contributed by atoms with E-state index in [0.29, 0.717) is 6.54 Å². The number of pyridine rings is 1. The predicted octanol–water partition coefficient (Wildman–Crippen LogP) is 2.29. The van der Waals surface area contributed by atoms with Crippen LogP contribution in [0.3, 0.4) is 0 Å². The Morgan fingerprint density at radius 2 is 2.09 bits per heavy atom. The summed E-state index contributed by atoms with van der Waals surface area (Å²) >= 11 is 0. The van der Waals surface area contributed by atoms with Crippen LogP contribution in [0.25, 0.3) is 0 Å². The molecule has 2 rings (SSSR count). The van der Waals surface area contributed by atoms with E-state index in [2.05, 4.69) is 15.6 Å². The van der Waals surface area contributed by atoms with Gasteiger partial charge in [0.05, 0.1) is 17.2 Å². The van der Waals surface area contributed by atoms with Crippen LogP contribution < -0.4 is 15.5 Å². The molecule has 1 aliphatic rings. The summed E-state index contributed by atoms with van der Waals surface area (Å²) < 4.78 is 6.00. The Morgan fingerprint density at radius 3 is 2.65 bits per heavy atom. The molecular formula is C17H28N4O2. The first-order chi connectivity index (χ1) is 10.6. The number of ether oxygens (including phenoxy) is 1. The van der Waals surface area contributed by atoms with Crippen molar-refractivity contribution in [1.82, 2.24) is 15.6 Å². The van der Waals surface area contributed by atoms with Crippen molar-refractivity contribution in [2.45, 2.75) is 57.9 Å². The Morgan fingerprint density at radius 1 is 1.39 bits per heavy atom. The largest absolute Gasteiger partial charge is 0.367 e.